The summed E-state index contributed by atoms with van der Waals surface area (Å²) in [4.78, 5) is 17.3. The Kier molecular flexibility index (Phi) is 3.35. The molecular formula is C14H17N5. The second-order valence-electron chi connectivity index (χ2n) is 4.83. The van der Waals surface area contributed by atoms with E-state index >= 15 is 0 Å². The zero-order valence-corrected chi connectivity index (χ0v) is 11.0. The maximum absolute atomic E-state index is 4.69. The van der Waals surface area contributed by atoms with Crippen molar-refractivity contribution in [2.75, 3.05) is 12.4 Å². The third-order valence-electron chi connectivity index (χ3n) is 3.59. The van der Waals surface area contributed by atoms with Crippen molar-refractivity contribution in [1.29, 1.82) is 0 Å². The fourth-order valence-electron chi connectivity index (χ4n) is 2.56. The molecule has 5 nitrogen and oxygen atoms in total. The molecule has 0 radical (unpaired) electrons. The molecule has 5 heteroatoms. The molecule has 3 rings (SSSR count). The fraction of sp³-hybridized carbons (Fsp3) is 0.429. The molecule has 1 N–H and O–H groups in total. The Morgan fingerprint density at radius 2 is 2.05 bits per heavy atom. The maximum Gasteiger partial charge on any atom is 0.180 e. The van der Waals surface area contributed by atoms with Crippen molar-refractivity contribution in [3.05, 3.63) is 30.4 Å². The van der Waals surface area contributed by atoms with Gasteiger partial charge in [0.1, 0.15) is 17.8 Å². The normalized spacial score (nSPS) is 15.6. The number of nitrogens with zero attached hydrogens (tertiary/aromatic N) is 4. The molecule has 0 saturated heterocycles. The van der Waals surface area contributed by atoms with Crippen molar-refractivity contribution in [1.82, 2.24) is 19.9 Å². The van der Waals surface area contributed by atoms with Gasteiger partial charge in [-0.2, -0.15) is 0 Å². The van der Waals surface area contributed by atoms with Gasteiger partial charge in [-0.15, -0.1) is 0 Å². The van der Waals surface area contributed by atoms with Crippen LogP contribution in [0.3, 0.4) is 0 Å². The van der Waals surface area contributed by atoms with E-state index in [1.807, 2.05) is 13.1 Å². The first-order chi connectivity index (χ1) is 9.36. The van der Waals surface area contributed by atoms with Gasteiger partial charge in [0.2, 0.25) is 0 Å². The molecule has 0 unspecified atom stereocenters. The van der Waals surface area contributed by atoms with Crippen LogP contribution in [-0.4, -0.2) is 27.0 Å². The van der Waals surface area contributed by atoms with Crippen molar-refractivity contribution in [3.8, 4) is 11.5 Å². The minimum absolute atomic E-state index is 0.565. The van der Waals surface area contributed by atoms with Gasteiger partial charge < -0.3 is 5.32 Å². The number of hydrogen-bond donors (Lipinski definition) is 1. The van der Waals surface area contributed by atoms with Crippen LogP contribution >= 0.6 is 0 Å². The first-order valence-corrected chi connectivity index (χ1v) is 6.70. The number of hydrogen-bond acceptors (Lipinski definition) is 5. The number of aromatic nitrogens is 4. The van der Waals surface area contributed by atoms with Gasteiger partial charge in [0, 0.05) is 30.9 Å². The van der Waals surface area contributed by atoms with Gasteiger partial charge in [0.15, 0.2) is 5.82 Å². The zero-order chi connectivity index (χ0) is 13.1. The highest BCUT2D eigenvalue weighted by atomic mass is 15.0. The van der Waals surface area contributed by atoms with Crippen molar-refractivity contribution in [3.63, 3.8) is 0 Å². The van der Waals surface area contributed by atoms with Crippen LogP contribution in [-0.2, 0) is 0 Å². The highest BCUT2D eigenvalue weighted by Gasteiger charge is 2.20. The van der Waals surface area contributed by atoms with E-state index in [2.05, 4.69) is 26.3 Å². The third-order valence-corrected chi connectivity index (χ3v) is 3.59. The van der Waals surface area contributed by atoms with Crippen LogP contribution in [0, 0.1) is 0 Å². The number of nitrogens with one attached hydrogen (secondary N) is 1. The van der Waals surface area contributed by atoms with E-state index in [1.54, 1.807) is 6.20 Å². The molecule has 2 heterocycles. The molecule has 0 aliphatic heterocycles. The quantitative estimate of drug-likeness (QED) is 0.913. The summed E-state index contributed by atoms with van der Waals surface area (Å²) in [5, 5.41) is 3.11. The largest absolute Gasteiger partial charge is 0.373 e. The van der Waals surface area contributed by atoms with E-state index in [9.17, 15) is 0 Å². The van der Waals surface area contributed by atoms with Crippen LogP contribution in [0.5, 0.6) is 0 Å². The first-order valence-electron chi connectivity index (χ1n) is 6.70. The van der Waals surface area contributed by atoms with Gasteiger partial charge in [0.25, 0.3) is 0 Å². The molecular weight excluding hydrogens is 238 g/mol. The Bertz CT molecular complexity index is 549. The van der Waals surface area contributed by atoms with E-state index in [4.69, 9.17) is 4.98 Å². The molecule has 1 fully saturated rings. The van der Waals surface area contributed by atoms with Crippen LogP contribution in [0.25, 0.3) is 11.5 Å². The molecule has 1 saturated carbocycles. The summed E-state index contributed by atoms with van der Waals surface area (Å²) in [5.74, 6) is 2.09. The minimum atomic E-state index is 0.565. The molecule has 0 atom stereocenters. The lowest BCUT2D eigenvalue weighted by Crippen LogP contribution is -2.04. The SMILES string of the molecule is CNc1cc(C2CCCC2)nc(-c2ccncn2)n1. The van der Waals surface area contributed by atoms with Gasteiger partial charge in [-0.25, -0.2) is 19.9 Å². The van der Waals surface area contributed by atoms with Gasteiger partial charge in [0.05, 0.1) is 0 Å². The topological polar surface area (TPSA) is 63.6 Å². The average molecular weight is 255 g/mol. The zero-order valence-electron chi connectivity index (χ0n) is 11.0. The van der Waals surface area contributed by atoms with E-state index < -0.39 is 0 Å². The van der Waals surface area contributed by atoms with Gasteiger partial charge >= 0.3 is 0 Å². The van der Waals surface area contributed by atoms with Gasteiger partial charge in [-0.1, -0.05) is 12.8 Å². The van der Waals surface area contributed by atoms with Crippen LogP contribution < -0.4 is 5.32 Å². The standard InChI is InChI=1S/C14H17N5/c1-15-13-8-12(10-4-2-3-5-10)18-14(19-13)11-6-7-16-9-17-11/h6-10H,2-5H2,1H3,(H,15,18,19). The van der Waals surface area contributed by atoms with E-state index in [0.29, 0.717) is 11.7 Å². The summed E-state index contributed by atoms with van der Waals surface area (Å²) in [6, 6.07) is 3.90. The molecule has 0 spiro atoms. The molecule has 2 aromatic rings. The Morgan fingerprint density at radius 1 is 1.21 bits per heavy atom. The minimum Gasteiger partial charge on any atom is -0.373 e. The average Bonchev–Trinajstić information content (AvgIpc) is 3.02. The van der Waals surface area contributed by atoms with Crippen molar-refractivity contribution in [2.45, 2.75) is 31.6 Å². The number of anilines is 1. The molecule has 1 aliphatic rings. The molecule has 2 aromatic heterocycles. The summed E-state index contributed by atoms with van der Waals surface area (Å²) >= 11 is 0. The molecule has 0 amide bonds. The van der Waals surface area contributed by atoms with Gasteiger partial charge in [-0.05, 0) is 18.9 Å². The lowest BCUT2D eigenvalue weighted by molar-refractivity contribution is 0.695. The van der Waals surface area contributed by atoms with Gasteiger partial charge in [-0.3, -0.25) is 0 Å². The predicted molar refractivity (Wildman–Crippen MR) is 73.8 cm³/mol. The Morgan fingerprint density at radius 3 is 2.74 bits per heavy atom. The van der Waals surface area contributed by atoms with Crippen molar-refractivity contribution >= 4 is 5.82 Å². The first kappa shape index (κ1) is 12.0. The van der Waals surface area contributed by atoms with Crippen molar-refractivity contribution < 1.29 is 0 Å². The van der Waals surface area contributed by atoms with Crippen LogP contribution in [0.4, 0.5) is 5.82 Å². The van der Waals surface area contributed by atoms with Crippen LogP contribution in [0.15, 0.2) is 24.7 Å². The molecule has 1 aliphatic carbocycles. The second-order valence-corrected chi connectivity index (χ2v) is 4.83. The predicted octanol–water partition coefficient (Wildman–Crippen LogP) is 2.63. The molecule has 98 valence electrons. The van der Waals surface area contributed by atoms with Crippen LogP contribution in [0.1, 0.15) is 37.3 Å². The smallest absolute Gasteiger partial charge is 0.180 e. The molecule has 0 bridgehead atoms. The highest BCUT2D eigenvalue weighted by molar-refractivity contribution is 5.52. The highest BCUT2D eigenvalue weighted by Crippen LogP contribution is 2.34. The fourth-order valence-corrected chi connectivity index (χ4v) is 2.56. The van der Waals surface area contributed by atoms with E-state index in [1.165, 1.54) is 32.0 Å². The Hall–Kier alpha value is -2.04. The molecule has 0 aromatic carbocycles. The third kappa shape index (κ3) is 2.54. The monoisotopic (exact) mass is 255 g/mol. The summed E-state index contributed by atoms with van der Waals surface area (Å²) in [7, 11) is 1.88. The second kappa shape index (κ2) is 5.30. The lowest BCUT2D eigenvalue weighted by atomic mass is 10.0. The summed E-state index contributed by atoms with van der Waals surface area (Å²) in [6.45, 7) is 0. The molecule has 19 heavy (non-hydrogen) atoms. The Balaban J connectivity index is 2.02. The summed E-state index contributed by atoms with van der Waals surface area (Å²) in [6.07, 6.45) is 8.29. The lowest BCUT2D eigenvalue weighted by Gasteiger charge is -2.11. The van der Waals surface area contributed by atoms with E-state index in [0.717, 1.165) is 17.2 Å². The summed E-state index contributed by atoms with van der Waals surface area (Å²) < 4.78 is 0. The summed E-state index contributed by atoms with van der Waals surface area (Å²) in [5.41, 5.74) is 1.90. The Labute approximate surface area is 112 Å². The number of rotatable bonds is 3. The van der Waals surface area contributed by atoms with Crippen molar-refractivity contribution in [2.24, 2.45) is 0 Å². The van der Waals surface area contributed by atoms with Crippen LogP contribution in [0.2, 0.25) is 0 Å². The van der Waals surface area contributed by atoms with E-state index in [-0.39, 0.29) is 0 Å². The maximum atomic E-state index is 4.69.